The molecule has 4 heteroatoms. The molecule has 0 spiro atoms. The predicted octanol–water partition coefficient (Wildman–Crippen LogP) is 1.56. The maximum atomic E-state index is 11.6. The quantitative estimate of drug-likeness (QED) is 0.748. The summed E-state index contributed by atoms with van der Waals surface area (Å²) in [5, 5.41) is 9.00. The van der Waals surface area contributed by atoms with Crippen LogP contribution < -0.4 is 0 Å². The van der Waals surface area contributed by atoms with Gasteiger partial charge in [-0.2, -0.15) is 0 Å². The largest absolute Gasteiger partial charge is 0.460 e. The molecular weight excluding hydrogens is 232 g/mol. The highest BCUT2D eigenvalue weighted by atomic mass is 16.6. The highest BCUT2D eigenvalue weighted by Crippen LogP contribution is 2.07. The molecule has 0 saturated heterocycles. The average Bonchev–Trinajstić information content (AvgIpc) is 2.39. The molecule has 1 aromatic carbocycles. The smallest absolute Gasteiger partial charge is 0.306 e. The van der Waals surface area contributed by atoms with Crippen molar-refractivity contribution in [1.29, 1.82) is 0 Å². The van der Waals surface area contributed by atoms with Crippen LogP contribution in [0.15, 0.2) is 30.3 Å². The highest BCUT2D eigenvalue weighted by molar-refractivity contribution is 5.69. The van der Waals surface area contributed by atoms with Gasteiger partial charge in [-0.3, -0.25) is 4.79 Å². The van der Waals surface area contributed by atoms with Gasteiger partial charge in [0.15, 0.2) is 0 Å². The van der Waals surface area contributed by atoms with Gasteiger partial charge in [-0.15, -0.1) is 0 Å². The molecule has 100 valence electrons. The number of aliphatic hydroxyl groups is 1. The summed E-state index contributed by atoms with van der Waals surface area (Å²) in [7, 11) is 1.48. The van der Waals surface area contributed by atoms with E-state index >= 15 is 0 Å². The summed E-state index contributed by atoms with van der Waals surface area (Å²) in [6.07, 6.45) is 0.0771. The van der Waals surface area contributed by atoms with Crippen molar-refractivity contribution >= 4 is 5.97 Å². The van der Waals surface area contributed by atoms with Crippen molar-refractivity contribution in [3.05, 3.63) is 35.9 Å². The molecule has 1 aromatic rings. The number of aryl methyl sites for hydroxylation is 1. The fourth-order valence-corrected chi connectivity index (χ4v) is 1.65. The minimum absolute atomic E-state index is 0.163. The van der Waals surface area contributed by atoms with Crippen molar-refractivity contribution in [3.8, 4) is 0 Å². The zero-order chi connectivity index (χ0) is 13.4. The first kappa shape index (κ1) is 14.7. The van der Waals surface area contributed by atoms with Crippen molar-refractivity contribution in [2.45, 2.75) is 32.0 Å². The van der Waals surface area contributed by atoms with Crippen LogP contribution in [0.3, 0.4) is 0 Å². The Bertz CT molecular complexity index is 346. The van der Waals surface area contributed by atoms with E-state index in [0.717, 1.165) is 5.56 Å². The summed E-state index contributed by atoms with van der Waals surface area (Å²) in [5.41, 5.74) is 1.10. The minimum atomic E-state index is -0.467. The van der Waals surface area contributed by atoms with Crippen LogP contribution in [0.4, 0.5) is 0 Å². The number of carbonyl (C=O) groups excluding carboxylic acids is 1. The maximum Gasteiger partial charge on any atom is 0.306 e. The maximum absolute atomic E-state index is 11.6. The third-order valence-corrected chi connectivity index (χ3v) is 2.78. The van der Waals surface area contributed by atoms with Crippen molar-refractivity contribution in [3.63, 3.8) is 0 Å². The SMILES string of the molecule is COC(CO)C(C)OC(=O)CCc1ccccc1. The molecular formula is C14H20O4. The van der Waals surface area contributed by atoms with Crippen molar-refractivity contribution in [2.75, 3.05) is 13.7 Å². The highest BCUT2D eigenvalue weighted by Gasteiger charge is 2.19. The lowest BCUT2D eigenvalue weighted by Crippen LogP contribution is -2.33. The van der Waals surface area contributed by atoms with Gasteiger partial charge in [-0.1, -0.05) is 30.3 Å². The van der Waals surface area contributed by atoms with Crippen LogP contribution in [0.5, 0.6) is 0 Å². The number of ether oxygens (including phenoxy) is 2. The monoisotopic (exact) mass is 252 g/mol. The molecule has 4 nitrogen and oxygen atoms in total. The number of rotatable bonds is 7. The number of hydrogen-bond acceptors (Lipinski definition) is 4. The average molecular weight is 252 g/mol. The lowest BCUT2D eigenvalue weighted by atomic mass is 10.1. The first-order chi connectivity index (χ1) is 8.67. The lowest BCUT2D eigenvalue weighted by molar-refractivity contribution is -0.156. The van der Waals surface area contributed by atoms with Crippen LogP contribution in [-0.2, 0) is 20.7 Å². The summed E-state index contributed by atoms with van der Waals surface area (Å²) >= 11 is 0. The molecule has 0 saturated carbocycles. The van der Waals surface area contributed by atoms with Gasteiger partial charge in [0.2, 0.25) is 0 Å². The summed E-state index contributed by atoms with van der Waals surface area (Å²) in [4.78, 5) is 11.6. The second-order valence-corrected chi connectivity index (χ2v) is 4.14. The van der Waals surface area contributed by atoms with E-state index in [1.54, 1.807) is 6.92 Å². The molecule has 0 aliphatic rings. The van der Waals surface area contributed by atoms with E-state index in [9.17, 15) is 4.79 Å². The molecule has 2 unspecified atom stereocenters. The Morgan fingerprint density at radius 2 is 2.00 bits per heavy atom. The van der Waals surface area contributed by atoms with E-state index in [-0.39, 0.29) is 12.6 Å². The number of aliphatic hydroxyl groups excluding tert-OH is 1. The molecule has 0 amide bonds. The second kappa shape index (κ2) is 7.84. The van der Waals surface area contributed by atoms with Gasteiger partial charge in [0.25, 0.3) is 0 Å². The molecule has 1 N–H and O–H groups in total. The zero-order valence-electron chi connectivity index (χ0n) is 10.8. The van der Waals surface area contributed by atoms with Gasteiger partial charge < -0.3 is 14.6 Å². The molecule has 1 rings (SSSR count). The Hall–Kier alpha value is -1.39. The van der Waals surface area contributed by atoms with Crippen molar-refractivity contribution in [1.82, 2.24) is 0 Å². The lowest BCUT2D eigenvalue weighted by Gasteiger charge is -2.20. The summed E-state index contributed by atoms with van der Waals surface area (Å²) < 4.78 is 10.2. The first-order valence-corrected chi connectivity index (χ1v) is 6.04. The van der Waals surface area contributed by atoms with Crippen LogP contribution in [0, 0.1) is 0 Å². The fourth-order valence-electron chi connectivity index (χ4n) is 1.65. The molecule has 0 radical (unpaired) electrons. The molecule has 2 atom stereocenters. The second-order valence-electron chi connectivity index (χ2n) is 4.14. The van der Waals surface area contributed by atoms with Crippen LogP contribution in [0.1, 0.15) is 18.9 Å². The van der Waals surface area contributed by atoms with Crippen molar-refractivity contribution in [2.24, 2.45) is 0 Å². The summed E-state index contributed by atoms with van der Waals surface area (Å²) in [6.45, 7) is 1.55. The van der Waals surface area contributed by atoms with Crippen LogP contribution >= 0.6 is 0 Å². The van der Waals surface area contributed by atoms with Gasteiger partial charge in [0.1, 0.15) is 12.2 Å². The minimum Gasteiger partial charge on any atom is -0.460 e. The molecule has 0 aromatic heterocycles. The third kappa shape index (κ3) is 4.85. The predicted molar refractivity (Wildman–Crippen MR) is 68.2 cm³/mol. The molecule has 18 heavy (non-hydrogen) atoms. The Morgan fingerprint density at radius 1 is 1.33 bits per heavy atom. The Labute approximate surface area is 108 Å². The van der Waals surface area contributed by atoms with E-state index in [2.05, 4.69) is 0 Å². The Kier molecular flexibility index (Phi) is 6.39. The number of hydrogen-bond donors (Lipinski definition) is 1. The summed E-state index contributed by atoms with van der Waals surface area (Å²) in [5.74, 6) is -0.276. The van der Waals surface area contributed by atoms with Crippen LogP contribution in [0.25, 0.3) is 0 Å². The standard InChI is InChI=1S/C14H20O4/c1-11(13(10-15)17-2)18-14(16)9-8-12-6-4-3-5-7-12/h3-7,11,13,15H,8-10H2,1-2H3. The first-order valence-electron chi connectivity index (χ1n) is 6.04. The number of esters is 1. The summed E-state index contributed by atoms with van der Waals surface area (Å²) in [6, 6.07) is 9.77. The van der Waals surface area contributed by atoms with E-state index in [4.69, 9.17) is 14.6 Å². The van der Waals surface area contributed by atoms with Crippen LogP contribution in [-0.4, -0.2) is 37.0 Å². The van der Waals surface area contributed by atoms with Gasteiger partial charge in [-0.05, 0) is 18.9 Å². The topological polar surface area (TPSA) is 55.8 Å². The number of methoxy groups -OCH3 is 1. The molecule has 0 aliphatic heterocycles. The van der Waals surface area contributed by atoms with E-state index in [1.807, 2.05) is 30.3 Å². The van der Waals surface area contributed by atoms with Gasteiger partial charge in [0, 0.05) is 13.5 Å². The number of benzene rings is 1. The van der Waals surface area contributed by atoms with Gasteiger partial charge >= 0.3 is 5.97 Å². The van der Waals surface area contributed by atoms with Gasteiger partial charge in [-0.25, -0.2) is 0 Å². The Morgan fingerprint density at radius 3 is 2.56 bits per heavy atom. The molecule has 0 fully saturated rings. The van der Waals surface area contributed by atoms with E-state index in [0.29, 0.717) is 12.8 Å². The number of carbonyl (C=O) groups is 1. The zero-order valence-corrected chi connectivity index (χ0v) is 10.8. The molecule has 0 bridgehead atoms. The van der Waals surface area contributed by atoms with Crippen molar-refractivity contribution < 1.29 is 19.4 Å². The van der Waals surface area contributed by atoms with Gasteiger partial charge in [0.05, 0.1) is 6.61 Å². The van der Waals surface area contributed by atoms with E-state index in [1.165, 1.54) is 7.11 Å². The molecule has 0 aliphatic carbocycles. The normalized spacial score (nSPS) is 13.9. The third-order valence-electron chi connectivity index (χ3n) is 2.78. The molecule has 0 heterocycles. The van der Waals surface area contributed by atoms with Crippen LogP contribution in [0.2, 0.25) is 0 Å². The van der Waals surface area contributed by atoms with E-state index < -0.39 is 12.2 Å². The Balaban J connectivity index is 2.33. The fraction of sp³-hybridized carbons (Fsp3) is 0.500.